The molecule has 2 N–H and O–H groups in total. The Balaban J connectivity index is 1.41. The second kappa shape index (κ2) is 10.6. The number of carbonyl (C=O) groups excluding carboxylic acids is 1. The van der Waals surface area contributed by atoms with Crippen molar-refractivity contribution in [3.8, 4) is 17.2 Å². The first-order valence-corrected chi connectivity index (χ1v) is 11.2. The molecule has 3 aromatic rings. The summed E-state index contributed by atoms with van der Waals surface area (Å²) in [4.78, 5) is 24.1. The molecule has 3 aromatic carbocycles. The molecule has 8 heteroatoms. The molecular weight excluding hydrogens is 458 g/mol. The number of hydrogen-bond donors (Lipinski definition) is 2. The van der Waals surface area contributed by atoms with E-state index >= 15 is 0 Å². The van der Waals surface area contributed by atoms with Gasteiger partial charge in [-0.05, 0) is 42.3 Å². The van der Waals surface area contributed by atoms with Gasteiger partial charge >= 0.3 is 5.97 Å². The van der Waals surface area contributed by atoms with Crippen LogP contribution in [0.3, 0.4) is 0 Å². The standard InChI is InChI=1S/C26H24ClNO6/c1-32-24(16-5-3-2-4-6-16)15-28-25(29)17-7-9-18(10-8-17)34-23-14-22-20(13-21(23)27)19(26(30)31)11-12-33-22/h2-10,13-14,19,24H,11-12,15H2,1H3,(H,28,29)(H,30,31). The van der Waals surface area contributed by atoms with Crippen molar-refractivity contribution in [2.75, 3.05) is 20.3 Å². The van der Waals surface area contributed by atoms with Crippen LogP contribution in [0.15, 0.2) is 66.7 Å². The molecule has 1 heterocycles. The first kappa shape index (κ1) is 23.6. The summed E-state index contributed by atoms with van der Waals surface area (Å²) in [5.41, 5.74) is 1.99. The van der Waals surface area contributed by atoms with Crippen LogP contribution in [0.1, 0.15) is 39.9 Å². The Morgan fingerprint density at radius 1 is 1.15 bits per heavy atom. The van der Waals surface area contributed by atoms with E-state index in [1.165, 1.54) is 0 Å². The van der Waals surface area contributed by atoms with Gasteiger partial charge in [0.25, 0.3) is 5.91 Å². The maximum absolute atomic E-state index is 12.6. The van der Waals surface area contributed by atoms with Crippen LogP contribution in [0.5, 0.6) is 17.2 Å². The number of methoxy groups -OCH3 is 1. The number of rotatable bonds is 8. The molecule has 34 heavy (non-hydrogen) atoms. The quantitative estimate of drug-likeness (QED) is 0.459. The molecule has 2 unspecified atom stereocenters. The highest BCUT2D eigenvalue weighted by Crippen LogP contribution is 2.41. The molecule has 2 atom stereocenters. The lowest BCUT2D eigenvalue weighted by atomic mass is 9.93. The number of nitrogens with one attached hydrogen (secondary N) is 1. The molecule has 1 aliphatic heterocycles. The van der Waals surface area contributed by atoms with E-state index in [-0.39, 0.29) is 17.0 Å². The van der Waals surface area contributed by atoms with Gasteiger partial charge in [0.2, 0.25) is 0 Å². The molecule has 4 rings (SSSR count). The highest BCUT2D eigenvalue weighted by atomic mass is 35.5. The Labute approximate surface area is 202 Å². The molecule has 1 amide bonds. The van der Waals surface area contributed by atoms with Gasteiger partial charge < -0.3 is 24.6 Å². The second-order valence-corrected chi connectivity index (χ2v) is 8.23. The first-order chi connectivity index (χ1) is 16.5. The van der Waals surface area contributed by atoms with Crippen LogP contribution in [0.4, 0.5) is 0 Å². The summed E-state index contributed by atoms with van der Waals surface area (Å²) in [7, 11) is 1.61. The highest BCUT2D eigenvalue weighted by molar-refractivity contribution is 6.32. The summed E-state index contributed by atoms with van der Waals surface area (Å²) in [5.74, 6) is -0.543. The molecule has 0 radical (unpaired) electrons. The number of amides is 1. The van der Waals surface area contributed by atoms with Crippen LogP contribution in [0.2, 0.25) is 5.02 Å². The van der Waals surface area contributed by atoms with Gasteiger partial charge in [-0.3, -0.25) is 9.59 Å². The van der Waals surface area contributed by atoms with E-state index in [0.29, 0.717) is 47.9 Å². The van der Waals surface area contributed by atoms with Gasteiger partial charge in [0.05, 0.1) is 23.7 Å². The second-order valence-electron chi connectivity index (χ2n) is 7.82. The Hall–Kier alpha value is -3.55. The van der Waals surface area contributed by atoms with Crippen molar-refractivity contribution >= 4 is 23.5 Å². The van der Waals surface area contributed by atoms with Crippen LogP contribution in [0.25, 0.3) is 0 Å². The maximum atomic E-state index is 12.6. The third kappa shape index (κ3) is 5.32. The van der Waals surface area contributed by atoms with Crippen LogP contribution >= 0.6 is 11.6 Å². The van der Waals surface area contributed by atoms with Crippen molar-refractivity contribution in [1.29, 1.82) is 0 Å². The third-order valence-corrected chi connectivity index (χ3v) is 5.95. The van der Waals surface area contributed by atoms with Gasteiger partial charge in [0, 0.05) is 30.8 Å². The Morgan fingerprint density at radius 3 is 2.56 bits per heavy atom. The van der Waals surface area contributed by atoms with Gasteiger partial charge in [-0.15, -0.1) is 0 Å². The predicted octanol–water partition coefficient (Wildman–Crippen LogP) is 5.20. The first-order valence-electron chi connectivity index (χ1n) is 10.8. The molecule has 0 saturated carbocycles. The zero-order valence-electron chi connectivity index (χ0n) is 18.5. The fourth-order valence-electron chi connectivity index (χ4n) is 3.82. The Bertz CT molecular complexity index is 1170. The monoisotopic (exact) mass is 481 g/mol. The molecule has 0 saturated heterocycles. The SMILES string of the molecule is COC(CNC(=O)c1ccc(Oc2cc3c(cc2Cl)C(C(=O)O)CCO3)cc1)c1ccccc1. The van der Waals surface area contributed by atoms with E-state index in [2.05, 4.69) is 5.32 Å². The van der Waals surface area contributed by atoms with Crippen LogP contribution in [-0.2, 0) is 9.53 Å². The number of carboxylic acids is 1. The molecule has 0 fully saturated rings. The van der Waals surface area contributed by atoms with E-state index in [9.17, 15) is 14.7 Å². The molecule has 7 nitrogen and oxygen atoms in total. The van der Waals surface area contributed by atoms with Crippen molar-refractivity contribution in [2.24, 2.45) is 0 Å². The van der Waals surface area contributed by atoms with E-state index in [1.54, 1.807) is 43.5 Å². The summed E-state index contributed by atoms with van der Waals surface area (Å²) in [5, 5.41) is 12.6. The number of benzene rings is 3. The van der Waals surface area contributed by atoms with Crippen LogP contribution in [0, 0.1) is 0 Å². The maximum Gasteiger partial charge on any atom is 0.311 e. The van der Waals surface area contributed by atoms with Gasteiger partial charge in [-0.25, -0.2) is 0 Å². The Morgan fingerprint density at radius 2 is 1.88 bits per heavy atom. The Kier molecular flexibility index (Phi) is 7.35. The normalized spacial score (nSPS) is 15.5. The highest BCUT2D eigenvalue weighted by Gasteiger charge is 2.29. The lowest BCUT2D eigenvalue weighted by Crippen LogP contribution is -2.29. The fraction of sp³-hybridized carbons (Fsp3) is 0.231. The molecule has 0 aliphatic carbocycles. The van der Waals surface area contributed by atoms with Crippen molar-refractivity contribution in [2.45, 2.75) is 18.4 Å². The summed E-state index contributed by atoms with van der Waals surface area (Å²) in [6.45, 7) is 0.642. The average molecular weight is 482 g/mol. The number of ether oxygens (including phenoxy) is 3. The fourth-order valence-corrected chi connectivity index (χ4v) is 4.03. The topological polar surface area (TPSA) is 94.1 Å². The van der Waals surface area contributed by atoms with E-state index in [4.69, 9.17) is 25.8 Å². The minimum Gasteiger partial charge on any atom is -0.493 e. The van der Waals surface area contributed by atoms with Gasteiger partial charge in [-0.2, -0.15) is 0 Å². The average Bonchev–Trinajstić information content (AvgIpc) is 2.85. The summed E-state index contributed by atoms with van der Waals surface area (Å²) in [6, 6.07) is 19.5. The third-order valence-electron chi connectivity index (χ3n) is 5.65. The lowest BCUT2D eigenvalue weighted by molar-refractivity contribution is -0.139. The van der Waals surface area contributed by atoms with E-state index in [0.717, 1.165) is 5.56 Å². The number of hydrogen-bond acceptors (Lipinski definition) is 5. The summed E-state index contributed by atoms with van der Waals surface area (Å²) < 4.78 is 17.0. The van der Waals surface area contributed by atoms with Crippen LogP contribution in [-0.4, -0.2) is 37.2 Å². The molecule has 1 aliphatic rings. The predicted molar refractivity (Wildman–Crippen MR) is 127 cm³/mol. The zero-order valence-corrected chi connectivity index (χ0v) is 19.2. The summed E-state index contributed by atoms with van der Waals surface area (Å²) in [6.07, 6.45) is 0.139. The minimum atomic E-state index is -0.913. The molecule has 0 spiro atoms. The number of aliphatic carboxylic acids is 1. The van der Waals surface area contributed by atoms with Crippen LogP contribution < -0.4 is 14.8 Å². The van der Waals surface area contributed by atoms with E-state index < -0.39 is 11.9 Å². The zero-order chi connectivity index (χ0) is 24.1. The van der Waals surface area contributed by atoms with Crippen molar-refractivity contribution < 1.29 is 28.9 Å². The van der Waals surface area contributed by atoms with E-state index in [1.807, 2.05) is 30.3 Å². The van der Waals surface area contributed by atoms with Crippen molar-refractivity contribution in [3.05, 3.63) is 88.4 Å². The minimum absolute atomic E-state index is 0.232. The van der Waals surface area contributed by atoms with Crippen molar-refractivity contribution in [3.63, 3.8) is 0 Å². The molecule has 176 valence electrons. The number of halogens is 1. The van der Waals surface area contributed by atoms with Gasteiger partial charge in [0.1, 0.15) is 17.2 Å². The lowest BCUT2D eigenvalue weighted by Gasteiger charge is -2.24. The molecule has 0 bridgehead atoms. The number of carboxylic acid groups (broad SMARTS) is 1. The summed E-state index contributed by atoms with van der Waals surface area (Å²) >= 11 is 6.35. The van der Waals surface area contributed by atoms with Gasteiger partial charge in [0.15, 0.2) is 0 Å². The number of carbonyl (C=O) groups is 2. The molecular formula is C26H24ClNO6. The van der Waals surface area contributed by atoms with Gasteiger partial charge in [-0.1, -0.05) is 41.9 Å². The molecule has 0 aromatic heterocycles. The van der Waals surface area contributed by atoms with Crippen molar-refractivity contribution in [1.82, 2.24) is 5.32 Å². The smallest absolute Gasteiger partial charge is 0.311 e. The number of fused-ring (bicyclic) bond motifs is 1. The largest absolute Gasteiger partial charge is 0.493 e.